The third kappa shape index (κ3) is 3.50. The fourth-order valence-corrected chi connectivity index (χ4v) is 3.70. The average molecular weight is 419 g/mol. The summed E-state index contributed by atoms with van der Waals surface area (Å²) in [5.41, 5.74) is 2.31. The predicted molar refractivity (Wildman–Crippen MR) is 113 cm³/mol. The second kappa shape index (κ2) is 7.79. The van der Waals surface area contributed by atoms with Crippen LogP contribution in [0, 0.1) is 11.6 Å². The Bertz CT molecular complexity index is 1220. The summed E-state index contributed by atoms with van der Waals surface area (Å²) in [4.78, 5) is 8.82. The highest BCUT2D eigenvalue weighted by Gasteiger charge is 2.26. The summed E-state index contributed by atoms with van der Waals surface area (Å²) in [6.07, 6.45) is 3.43. The highest BCUT2D eigenvalue weighted by Crippen LogP contribution is 2.38. The molecule has 2 aromatic heterocycles. The van der Waals surface area contributed by atoms with Gasteiger partial charge in [0.1, 0.15) is 24.0 Å². The summed E-state index contributed by atoms with van der Waals surface area (Å²) in [6, 6.07) is 12.6. The molecule has 6 nitrogen and oxygen atoms in total. The van der Waals surface area contributed by atoms with Crippen LogP contribution in [-0.4, -0.2) is 26.4 Å². The molecule has 0 fully saturated rings. The third-order valence-corrected chi connectivity index (χ3v) is 5.21. The maximum atomic E-state index is 14.2. The molecule has 1 aliphatic heterocycles. The van der Waals surface area contributed by atoms with Gasteiger partial charge in [-0.15, -0.1) is 0 Å². The van der Waals surface area contributed by atoms with Crippen molar-refractivity contribution >= 4 is 5.69 Å². The molecule has 0 bridgehead atoms. The number of ether oxygens (including phenoxy) is 1. The van der Waals surface area contributed by atoms with Crippen molar-refractivity contribution in [3.8, 4) is 28.5 Å². The number of nitrogens with zero attached hydrogens (tertiary/aromatic N) is 4. The molecule has 4 aromatic rings. The summed E-state index contributed by atoms with van der Waals surface area (Å²) in [7, 11) is 0. The molecule has 0 saturated carbocycles. The number of rotatable bonds is 4. The van der Waals surface area contributed by atoms with Gasteiger partial charge in [-0.3, -0.25) is 4.98 Å². The number of halogens is 2. The van der Waals surface area contributed by atoms with Crippen molar-refractivity contribution in [3.63, 3.8) is 0 Å². The van der Waals surface area contributed by atoms with Crippen LogP contribution in [0.2, 0.25) is 0 Å². The first kappa shape index (κ1) is 19.2. The summed E-state index contributed by atoms with van der Waals surface area (Å²) in [5.74, 6) is 0.700. The topological polar surface area (TPSA) is 64.9 Å². The minimum absolute atomic E-state index is 0.0240. The number of fused-ring (bicyclic) bond motifs is 1. The van der Waals surface area contributed by atoms with Crippen molar-refractivity contribution in [1.29, 1.82) is 0 Å². The molecule has 5 rings (SSSR count). The zero-order chi connectivity index (χ0) is 21.4. The van der Waals surface area contributed by atoms with Crippen LogP contribution >= 0.6 is 0 Å². The molecule has 1 aliphatic rings. The van der Waals surface area contributed by atoms with Gasteiger partial charge in [0.25, 0.3) is 0 Å². The van der Waals surface area contributed by atoms with Gasteiger partial charge in [-0.05, 0) is 49.4 Å². The first-order valence-electron chi connectivity index (χ1n) is 9.97. The van der Waals surface area contributed by atoms with Gasteiger partial charge in [0.15, 0.2) is 11.6 Å². The zero-order valence-corrected chi connectivity index (χ0v) is 16.7. The molecule has 0 aliphatic carbocycles. The maximum absolute atomic E-state index is 14.2. The minimum atomic E-state index is -0.615. The lowest BCUT2D eigenvalue weighted by atomic mass is 10.0. The van der Waals surface area contributed by atoms with Crippen molar-refractivity contribution in [2.24, 2.45) is 0 Å². The molecule has 0 saturated heterocycles. The molecule has 0 amide bonds. The Morgan fingerprint density at radius 3 is 2.68 bits per heavy atom. The minimum Gasteiger partial charge on any atom is -0.489 e. The van der Waals surface area contributed by atoms with Crippen LogP contribution in [-0.2, 0) is 6.54 Å². The molecule has 8 heteroatoms. The van der Waals surface area contributed by atoms with Gasteiger partial charge < -0.3 is 10.1 Å². The van der Waals surface area contributed by atoms with E-state index in [1.165, 1.54) is 18.2 Å². The van der Waals surface area contributed by atoms with Gasteiger partial charge in [-0.2, -0.15) is 5.10 Å². The van der Waals surface area contributed by atoms with Crippen molar-refractivity contribution in [3.05, 3.63) is 78.1 Å². The lowest BCUT2D eigenvalue weighted by molar-refractivity contribution is 0.280. The fraction of sp³-hybridized carbons (Fsp3) is 0.174. The third-order valence-electron chi connectivity index (χ3n) is 5.21. The molecule has 3 heterocycles. The van der Waals surface area contributed by atoms with Crippen LogP contribution in [0.5, 0.6) is 5.75 Å². The van der Waals surface area contributed by atoms with Crippen LogP contribution in [0.25, 0.3) is 22.8 Å². The van der Waals surface area contributed by atoms with E-state index in [1.54, 1.807) is 12.4 Å². The van der Waals surface area contributed by atoms with E-state index in [-0.39, 0.29) is 12.2 Å². The largest absolute Gasteiger partial charge is 0.489 e. The molecule has 2 aromatic carbocycles. The second-order valence-corrected chi connectivity index (χ2v) is 7.17. The number of pyridine rings is 1. The zero-order valence-electron chi connectivity index (χ0n) is 16.7. The first-order valence-corrected chi connectivity index (χ1v) is 9.97. The Balaban J connectivity index is 1.47. The summed E-state index contributed by atoms with van der Waals surface area (Å²) >= 11 is 0. The van der Waals surface area contributed by atoms with Crippen LogP contribution in [0.15, 0.2) is 60.9 Å². The lowest BCUT2D eigenvalue weighted by Gasteiger charge is -2.28. The van der Waals surface area contributed by atoms with Crippen LogP contribution < -0.4 is 10.1 Å². The lowest BCUT2D eigenvalue weighted by Crippen LogP contribution is -2.25. The van der Waals surface area contributed by atoms with Crippen molar-refractivity contribution < 1.29 is 13.5 Å². The van der Waals surface area contributed by atoms with Crippen LogP contribution in [0.4, 0.5) is 14.5 Å². The highest BCUT2D eigenvalue weighted by molar-refractivity contribution is 5.70. The number of aromatic nitrogens is 4. The molecule has 156 valence electrons. The summed E-state index contributed by atoms with van der Waals surface area (Å²) in [6.45, 7) is 2.75. The Hall–Kier alpha value is -3.81. The average Bonchev–Trinajstić information content (AvgIpc) is 3.24. The maximum Gasteiger partial charge on any atom is 0.183 e. The van der Waals surface area contributed by atoms with Crippen molar-refractivity contribution in [2.45, 2.75) is 19.5 Å². The summed E-state index contributed by atoms with van der Waals surface area (Å²) in [5, 5.41) is 7.76. The van der Waals surface area contributed by atoms with E-state index in [2.05, 4.69) is 15.4 Å². The molecule has 0 spiro atoms. The SMILES string of the molecule is CCn1nc(-c2cccnc2)nc1-c1ccc2c(c1)OCC(c1c(F)cccc1F)N2. The Labute approximate surface area is 177 Å². The number of anilines is 1. The number of hydrogen-bond acceptors (Lipinski definition) is 5. The van der Waals surface area contributed by atoms with Gasteiger partial charge in [-0.1, -0.05) is 6.07 Å². The van der Waals surface area contributed by atoms with E-state index in [0.29, 0.717) is 29.6 Å². The Kier molecular flexibility index (Phi) is 4.82. The van der Waals surface area contributed by atoms with Crippen molar-refractivity contribution in [2.75, 3.05) is 11.9 Å². The number of aryl methyl sites for hydroxylation is 1. The van der Waals surface area contributed by atoms with E-state index >= 15 is 0 Å². The monoisotopic (exact) mass is 419 g/mol. The predicted octanol–water partition coefficient (Wildman–Crippen LogP) is 4.85. The first-order chi connectivity index (χ1) is 15.1. The van der Waals surface area contributed by atoms with E-state index < -0.39 is 17.7 Å². The Morgan fingerprint density at radius 1 is 1.10 bits per heavy atom. The summed E-state index contributed by atoms with van der Waals surface area (Å²) < 4.78 is 36.0. The van der Waals surface area contributed by atoms with Gasteiger partial charge >= 0.3 is 0 Å². The Morgan fingerprint density at radius 2 is 1.94 bits per heavy atom. The molecular formula is C23H19F2N5O. The molecule has 0 radical (unpaired) electrons. The van der Waals surface area contributed by atoms with Gasteiger partial charge in [0.2, 0.25) is 0 Å². The van der Waals surface area contributed by atoms with E-state index in [1.807, 2.05) is 41.9 Å². The molecule has 1 N–H and O–H groups in total. The van der Waals surface area contributed by atoms with Gasteiger partial charge in [-0.25, -0.2) is 18.4 Å². The van der Waals surface area contributed by atoms with E-state index in [9.17, 15) is 8.78 Å². The number of nitrogens with one attached hydrogen (secondary N) is 1. The highest BCUT2D eigenvalue weighted by atomic mass is 19.1. The van der Waals surface area contributed by atoms with Crippen LogP contribution in [0.3, 0.4) is 0 Å². The normalized spacial score (nSPS) is 15.1. The standard InChI is InChI=1S/C23H19F2N5O/c1-2-30-23(28-22(29-30)15-5-4-10-26-12-15)14-8-9-18-20(11-14)31-13-19(27-18)21-16(24)6-3-7-17(21)25/h3-12,19,27H,2,13H2,1H3. The number of hydrogen-bond donors (Lipinski definition) is 1. The fourth-order valence-electron chi connectivity index (χ4n) is 3.70. The van der Waals surface area contributed by atoms with E-state index in [4.69, 9.17) is 9.72 Å². The van der Waals surface area contributed by atoms with E-state index in [0.717, 1.165) is 11.1 Å². The number of benzene rings is 2. The van der Waals surface area contributed by atoms with Crippen molar-refractivity contribution in [1.82, 2.24) is 19.7 Å². The molecule has 1 unspecified atom stereocenters. The quantitative estimate of drug-likeness (QED) is 0.512. The van der Waals surface area contributed by atoms with Gasteiger partial charge in [0.05, 0.1) is 11.7 Å². The second-order valence-electron chi connectivity index (χ2n) is 7.17. The molecular weight excluding hydrogens is 400 g/mol. The van der Waals surface area contributed by atoms with Gasteiger partial charge in [0, 0.05) is 35.6 Å². The van der Waals surface area contributed by atoms with Crippen LogP contribution in [0.1, 0.15) is 18.5 Å². The molecule has 31 heavy (non-hydrogen) atoms. The smallest absolute Gasteiger partial charge is 0.183 e. The molecule has 1 atom stereocenters.